The predicted molar refractivity (Wildman–Crippen MR) is 117 cm³/mol. The average molecular weight is 430 g/mol. The molecule has 5 rings (SSSR count). The molecule has 0 aliphatic carbocycles. The summed E-state index contributed by atoms with van der Waals surface area (Å²) >= 11 is 0. The highest BCUT2D eigenvalue weighted by atomic mass is 16.4. The van der Waals surface area contributed by atoms with Gasteiger partial charge in [-0.25, -0.2) is 0 Å². The van der Waals surface area contributed by atoms with Crippen LogP contribution in [0.3, 0.4) is 0 Å². The van der Waals surface area contributed by atoms with Gasteiger partial charge in [-0.1, -0.05) is 55.8 Å². The lowest BCUT2D eigenvalue weighted by atomic mass is 9.96. The van der Waals surface area contributed by atoms with Crippen molar-refractivity contribution >= 4 is 22.9 Å². The number of benzene rings is 2. The number of rotatable bonds is 6. The van der Waals surface area contributed by atoms with E-state index in [1.165, 1.54) is 9.58 Å². The van der Waals surface area contributed by atoms with Crippen molar-refractivity contribution in [2.45, 2.75) is 38.6 Å². The molecule has 1 aliphatic heterocycles. The molecule has 0 bridgehead atoms. The van der Waals surface area contributed by atoms with Crippen molar-refractivity contribution < 1.29 is 14.0 Å². The number of H-pyrrole nitrogens is 1. The Morgan fingerprint density at radius 2 is 1.81 bits per heavy atom. The second-order valence-corrected chi connectivity index (χ2v) is 7.92. The summed E-state index contributed by atoms with van der Waals surface area (Å²) in [6.07, 6.45) is 1.31. The summed E-state index contributed by atoms with van der Waals surface area (Å²) in [5.74, 6) is -1.44. The number of nitrogens with one attached hydrogen (secondary N) is 1. The summed E-state index contributed by atoms with van der Waals surface area (Å²) in [6.45, 7) is 2.18. The number of oxazole rings is 1. The average Bonchev–Trinajstić information content (AvgIpc) is 3.44. The minimum Gasteiger partial charge on any atom is -0.422 e. The summed E-state index contributed by atoms with van der Waals surface area (Å²) in [6, 6.07) is 16.7. The first-order valence-electron chi connectivity index (χ1n) is 10.6. The fraction of sp³-hybridized carbons (Fsp3) is 0.250. The molecule has 3 heterocycles. The van der Waals surface area contributed by atoms with Crippen LogP contribution < -0.4 is 5.56 Å². The molecule has 0 unspecified atom stereocenters. The number of aromatic amines is 1. The molecular weight excluding hydrogens is 408 g/mol. The monoisotopic (exact) mass is 430 g/mol. The molecule has 8 heteroatoms. The first-order chi connectivity index (χ1) is 15.6. The molecule has 8 nitrogen and oxygen atoms in total. The fourth-order valence-electron chi connectivity index (χ4n) is 4.23. The zero-order valence-corrected chi connectivity index (χ0v) is 17.6. The number of aryl methyl sites for hydroxylation is 1. The zero-order chi connectivity index (χ0) is 22.2. The van der Waals surface area contributed by atoms with Crippen LogP contribution in [0.4, 0.5) is 0 Å². The highest BCUT2D eigenvalue weighted by Gasteiger charge is 2.42. The second kappa shape index (κ2) is 7.96. The van der Waals surface area contributed by atoms with Crippen molar-refractivity contribution in [3.05, 3.63) is 81.8 Å². The first-order valence-corrected chi connectivity index (χ1v) is 10.6. The van der Waals surface area contributed by atoms with Gasteiger partial charge >= 0.3 is 6.01 Å². The van der Waals surface area contributed by atoms with Crippen LogP contribution in [0.25, 0.3) is 17.1 Å². The number of fused-ring (bicyclic) bond motifs is 1. The Morgan fingerprint density at radius 3 is 2.56 bits per heavy atom. The Labute approximate surface area is 183 Å². The van der Waals surface area contributed by atoms with Crippen molar-refractivity contribution in [3.63, 3.8) is 0 Å². The van der Waals surface area contributed by atoms with Crippen LogP contribution in [-0.4, -0.2) is 31.5 Å². The van der Waals surface area contributed by atoms with Gasteiger partial charge in [-0.2, -0.15) is 9.67 Å². The van der Waals surface area contributed by atoms with Gasteiger partial charge in [0.15, 0.2) is 5.58 Å². The molecule has 0 spiro atoms. The standard InChI is InChI=1S/C24H22N4O4/c1-2-8-18-21(16-13-20(29)27(22(16)30)14-15-9-4-3-5-10-15)23(31)28(26-18)24-25-17-11-6-7-12-19(17)32-24/h3-7,9-12,16,26H,2,8,13-14H2,1H3/t16-/m0/s1. The van der Waals surface area contributed by atoms with Gasteiger partial charge in [-0.3, -0.25) is 24.4 Å². The maximum absolute atomic E-state index is 13.4. The topological polar surface area (TPSA) is 101 Å². The van der Waals surface area contributed by atoms with E-state index in [1.54, 1.807) is 12.1 Å². The lowest BCUT2D eigenvalue weighted by molar-refractivity contribution is -0.139. The van der Waals surface area contributed by atoms with Gasteiger partial charge in [0.05, 0.1) is 18.0 Å². The SMILES string of the molecule is CCCc1[nH]n(-c2nc3ccccc3o2)c(=O)c1[C@@H]1CC(=O)N(Cc2ccccc2)C1=O. The molecule has 1 fully saturated rings. The van der Waals surface area contributed by atoms with E-state index in [1.807, 2.05) is 49.4 Å². The normalized spacial score (nSPS) is 16.4. The molecule has 2 amide bonds. The van der Waals surface area contributed by atoms with Crippen LogP contribution in [-0.2, 0) is 22.6 Å². The number of amides is 2. The van der Waals surface area contributed by atoms with Crippen molar-refractivity contribution in [2.24, 2.45) is 0 Å². The number of hydrogen-bond donors (Lipinski definition) is 1. The quantitative estimate of drug-likeness (QED) is 0.473. The molecule has 2 aromatic carbocycles. The zero-order valence-electron chi connectivity index (χ0n) is 17.6. The summed E-state index contributed by atoms with van der Waals surface area (Å²) in [7, 11) is 0. The predicted octanol–water partition coefficient (Wildman–Crippen LogP) is 3.30. The number of imide groups is 1. The Balaban J connectivity index is 1.53. The molecular formula is C24H22N4O4. The van der Waals surface area contributed by atoms with Crippen molar-refractivity contribution in [3.8, 4) is 6.01 Å². The van der Waals surface area contributed by atoms with Gasteiger partial charge in [-0.05, 0) is 24.1 Å². The fourth-order valence-corrected chi connectivity index (χ4v) is 4.23. The van der Waals surface area contributed by atoms with Crippen LogP contribution in [0.15, 0.2) is 63.8 Å². The Hall–Kier alpha value is -3.94. The molecule has 4 aromatic rings. The van der Waals surface area contributed by atoms with Gasteiger partial charge in [0.2, 0.25) is 11.8 Å². The van der Waals surface area contributed by atoms with E-state index in [2.05, 4.69) is 10.1 Å². The highest BCUT2D eigenvalue weighted by Crippen LogP contribution is 2.31. The number of para-hydroxylation sites is 2. The van der Waals surface area contributed by atoms with E-state index in [0.29, 0.717) is 28.8 Å². The van der Waals surface area contributed by atoms with E-state index in [-0.39, 0.29) is 30.8 Å². The van der Waals surface area contributed by atoms with E-state index in [4.69, 9.17) is 4.42 Å². The molecule has 0 saturated carbocycles. The minimum atomic E-state index is -0.817. The van der Waals surface area contributed by atoms with Crippen molar-refractivity contribution in [2.75, 3.05) is 0 Å². The molecule has 162 valence electrons. The Kier molecular flexibility index (Phi) is 4.97. The lowest BCUT2D eigenvalue weighted by Gasteiger charge is -2.15. The van der Waals surface area contributed by atoms with Crippen molar-refractivity contribution in [1.29, 1.82) is 0 Å². The first kappa shape index (κ1) is 20.0. The smallest absolute Gasteiger partial charge is 0.325 e. The number of likely N-dealkylation sites (tertiary alicyclic amines) is 1. The number of aromatic nitrogens is 3. The molecule has 1 saturated heterocycles. The van der Waals surface area contributed by atoms with E-state index in [9.17, 15) is 14.4 Å². The Bertz CT molecular complexity index is 1330. The van der Waals surface area contributed by atoms with E-state index in [0.717, 1.165) is 12.0 Å². The maximum atomic E-state index is 13.4. The van der Waals surface area contributed by atoms with Crippen molar-refractivity contribution in [1.82, 2.24) is 19.7 Å². The summed E-state index contributed by atoms with van der Waals surface area (Å²) in [5.41, 5.74) is 2.59. The van der Waals surface area contributed by atoms with Gasteiger partial charge < -0.3 is 4.42 Å². The van der Waals surface area contributed by atoms with E-state index >= 15 is 0 Å². The van der Waals surface area contributed by atoms with Crippen LogP contribution in [0.2, 0.25) is 0 Å². The van der Waals surface area contributed by atoms with Crippen LogP contribution in [0.1, 0.15) is 42.5 Å². The summed E-state index contributed by atoms with van der Waals surface area (Å²) < 4.78 is 6.98. The third-order valence-corrected chi connectivity index (χ3v) is 5.76. The molecule has 0 radical (unpaired) electrons. The van der Waals surface area contributed by atoms with Crippen LogP contribution in [0.5, 0.6) is 0 Å². The molecule has 1 N–H and O–H groups in total. The third kappa shape index (κ3) is 3.33. The Morgan fingerprint density at radius 1 is 1.06 bits per heavy atom. The molecule has 1 aliphatic rings. The summed E-state index contributed by atoms with van der Waals surface area (Å²) in [4.78, 5) is 45.0. The number of nitrogens with zero attached hydrogens (tertiary/aromatic N) is 3. The maximum Gasteiger partial charge on any atom is 0.325 e. The highest BCUT2D eigenvalue weighted by molar-refractivity contribution is 6.06. The minimum absolute atomic E-state index is 0.0248. The number of carbonyl (C=O) groups is 2. The van der Waals surface area contributed by atoms with Gasteiger partial charge in [-0.15, -0.1) is 0 Å². The number of hydrogen-bond acceptors (Lipinski definition) is 5. The van der Waals surface area contributed by atoms with Crippen LogP contribution >= 0.6 is 0 Å². The van der Waals surface area contributed by atoms with Gasteiger partial charge in [0.1, 0.15) is 5.52 Å². The third-order valence-electron chi connectivity index (χ3n) is 5.76. The molecule has 32 heavy (non-hydrogen) atoms. The number of carbonyl (C=O) groups excluding carboxylic acids is 2. The van der Waals surface area contributed by atoms with Gasteiger partial charge in [0, 0.05) is 12.1 Å². The van der Waals surface area contributed by atoms with Crippen LogP contribution in [0, 0.1) is 0 Å². The van der Waals surface area contributed by atoms with E-state index < -0.39 is 11.5 Å². The van der Waals surface area contributed by atoms with Gasteiger partial charge in [0.25, 0.3) is 5.56 Å². The largest absolute Gasteiger partial charge is 0.422 e. The molecule has 1 atom stereocenters. The molecule has 2 aromatic heterocycles. The second-order valence-electron chi connectivity index (χ2n) is 7.92. The summed E-state index contributed by atoms with van der Waals surface area (Å²) in [5, 5.41) is 3.07. The lowest BCUT2D eigenvalue weighted by Crippen LogP contribution is -2.31.